The van der Waals surface area contributed by atoms with E-state index in [4.69, 9.17) is 15.0 Å². The Balaban J connectivity index is 1.33. The van der Waals surface area contributed by atoms with Crippen molar-refractivity contribution in [2.24, 2.45) is 0 Å². The number of nitrogens with zero attached hydrogens (tertiary/aromatic N) is 5. The van der Waals surface area contributed by atoms with Crippen LogP contribution in [0.1, 0.15) is 5.56 Å². The summed E-state index contributed by atoms with van der Waals surface area (Å²) in [4.78, 5) is 15.0. The van der Waals surface area contributed by atoms with E-state index in [9.17, 15) is 9.65 Å². The van der Waals surface area contributed by atoms with Crippen LogP contribution in [0.15, 0.2) is 164 Å². The Bertz CT molecular complexity index is 2800. The van der Waals surface area contributed by atoms with Gasteiger partial charge < -0.3 is 4.57 Å². The van der Waals surface area contributed by atoms with Crippen molar-refractivity contribution in [3.63, 3.8) is 0 Å². The minimum Gasteiger partial charge on any atom is -0.308 e. The number of halogens is 2. The summed E-state index contributed by atoms with van der Waals surface area (Å²) in [5.74, 6) is 0.178. The van der Waals surface area contributed by atoms with Gasteiger partial charge in [-0.1, -0.05) is 103 Å². The molecule has 0 N–H and O–H groups in total. The Morgan fingerprint density at radius 3 is 1.72 bits per heavy atom. The fourth-order valence-corrected chi connectivity index (χ4v) is 6.88. The van der Waals surface area contributed by atoms with Gasteiger partial charge in [0.1, 0.15) is 11.6 Å². The minimum atomic E-state index is -0.657. The van der Waals surface area contributed by atoms with E-state index < -0.39 is 11.6 Å². The van der Waals surface area contributed by atoms with Crippen LogP contribution in [0.4, 0.5) is 8.78 Å². The second-order valence-corrected chi connectivity index (χ2v) is 12.7. The third-order valence-electron chi connectivity index (χ3n) is 9.44. The molecule has 0 aliphatic carbocycles. The van der Waals surface area contributed by atoms with Gasteiger partial charge in [0.15, 0.2) is 17.5 Å². The van der Waals surface area contributed by atoms with Crippen LogP contribution in [0, 0.1) is 23.0 Å². The molecule has 0 saturated heterocycles. The number of nitriles is 1. The van der Waals surface area contributed by atoms with E-state index in [-0.39, 0.29) is 5.56 Å². The molecule has 0 unspecified atom stereocenters. The average Bonchev–Trinajstić information content (AvgIpc) is 3.55. The summed E-state index contributed by atoms with van der Waals surface area (Å²) in [5, 5.41) is 11.4. The van der Waals surface area contributed by atoms with E-state index >= 15 is 4.39 Å². The molecule has 0 atom stereocenters. The van der Waals surface area contributed by atoms with E-state index in [1.165, 1.54) is 12.1 Å². The average molecular weight is 688 g/mol. The van der Waals surface area contributed by atoms with Crippen LogP contribution >= 0.6 is 0 Å². The summed E-state index contributed by atoms with van der Waals surface area (Å²) in [6.45, 7) is 0. The lowest BCUT2D eigenvalue weighted by atomic mass is 10.0. The highest BCUT2D eigenvalue weighted by atomic mass is 19.1. The first-order valence-corrected chi connectivity index (χ1v) is 17.0. The van der Waals surface area contributed by atoms with Crippen LogP contribution in [0.25, 0.3) is 83.9 Å². The molecule has 0 amide bonds. The summed E-state index contributed by atoms with van der Waals surface area (Å²) in [6.07, 6.45) is 0. The molecule has 2 aromatic heterocycles. The first-order valence-electron chi connectivity index (χ1n) is 17.0. The topological polar surface area (TPSA) is 67.4 Å². The van der Waals surface area contributed by atoms with Crippen molar-refractivity contribution in [1.82, 2.24) is 19.5 Å². The Morgan fingerprint density at radius 2 is 1.04 bits per heavy atom. The van der Waals surface area contributed by atoms with Crippen LogP contribution in [0.5, 0.6) is 0 Å². The zero-order valence-corrected chi connectivity index (χ0v) is 28.1. The normalized spacial score (nSPS) is 11.2. The maximum atomic E-state index is 15.4. The van der Waals surface area contributed by atoms with E-state index in [1.54, 1.807) is 0 Å². The maximum absolute atomic E-state index is 15.4. The van der Waals surface area contributed by atoms with Crippen LogP contribution in [-0.4, -0.2) is 19.5 Å². The lowest BCUT2D eigenvalue weighted by Crippen LogP contribution is -2.04. The zero-order valence-electron chi connectivity index (χ0n) is 28.1. The molecule has 0 saturated carbocycles. The van der Waals surface area contributed by atoms with Gasteiger partial charge in [0.2, 0.25) is 0 Å². The van der Waals surface area contributed by atoms with Gasteiger partial charge in [-0.2, -0.15) is 5.26 Å². The quantitative estimate of drug-likeness (QED) is 0.174. The zero-order chi connectivity index (χ0) is 35.9. The van der Waals surface area contributed by atoms with Crippen molar-refractivity contribution in [3.8, 4) is 68.2 Å². The highest BCUT2D eigenvalue weighted by Gasteiger charge is 2.21. The van der Waals surface area contributed by atoms with Crippen molar-refractivity contribution in [3.05, 3.63) is 181 Å². The monoisotopic (exact) mass is 687 g/mol. The summed E-state index contributed by atoms with van der Waals surface area (Å²) >= 11 is 0. The van der Waals surface area contributed by atoms with E-state index in [2.05, 4.69) is 41.0 Å². The SMILES string of the molecule is N#Cc1ccc(-c2ccc3c(c2)c2ccccc2n3-c2cc(-c3ccc(F)cc3F)ccc2-c2nc(-c3ccccc3)nc(-c3ccccc3)n2)cc1. The van der Waals surface area contributed by atoms with E-state index in [0.717, 1.165) is 50.1 Å². The van der Waals surface area contributed by atoms with Crippen LogP contribution in [0.2, 0.25) is 0 Å². The molecule has 0 radical (unpaired) electrons. The number of rotatable bonds is 6. The molecule has 0 aliphatic rings. The lowest BCUT2D eigenvalue weighted by molar-refractivity contribution is 0.585. The molecule has 7 aromatic carbocycles. The van der Waals surface area contributed by atoms with Gasteiger partial charge in [-0.3, -0.25) is 0 Å². The minimum absolute atomic E-state index is 0.272. The van der Waals surface area contributed by atoms with Crippen molar-refractivity contribution in [1.29, 1.82) is 5.26 Å². The molecule has 0 bridgehead atoms. The second-order valence-electron chi connectivity index (χ2n) is 12.7. The van der Waals surface area contributed by atoms with Gasteiger partial charge in [-0.25, -0.2) is 23.7 Å². The van der Waals surface area contributed by atoms with Crippen molar-refractivity contribution in [2.75, 3.05) is 0 Å². The largest absolute Gasteiger partial charge is 0.308 e. The number of hydrogen-bond donors (Lipinski definition) is 0. The third kappa shape index (κ3) is 5.78. The fraction of sp³-hybridized carbons (Fsp3) is 0. The summed E-state index contributed by atoms with van der Waals surface area (Å²) in [7, 11) is 0. The predicted octanol–water partition coefficient (Wildman–Crippen LogP) is 11.5. The van der Waals surface area contributed by atoms with Gasteiger partial charge in [0.25, 0.3) is 0 Å². The molecule has 9 aromatic rings. The number of benzene rings is 7. The molecule has 0 fully saturated rings. The van der Waals surface area contributed by atoms with E-state index in [1.807, 2.05) is 115 Å². The van der Waals surface area contributed by atoms with Crippen LogP contribution < -0.4 is 0 Å². The molecule has 53 heavy (non-hydrogen) atoms. The van der Waals surface area contributed by atoms with E-state index in [0.29, 0.717) is 39.9 Å². The van der Waals surface area contributed by atoms with Gasteiger partial charge in [-0.15, -0.1) is 0 Å². The first-order chi connectivity index (χ1) is 26.0. The second kappa shape index (κ2) is 13.1. The highest BCUT2D eigenvalue weighted by Crippen LogP contribution is 2.40. The molecular formula is C46H27F2N5. The molecule has 2 heterocycles. The van der Waals surface area contributed by atoms with Gasteiger partial charge >= 0.3 is 0 Å². The van der Waals surface area contributed by atoms with Crippen molar-refractivity contribution in [2.45, 2.75) is 0 Å². The predicted molar refractivity (Wildman–Crippen MR) is 206 cm³/mol. The van der Waals surface area contributed by atoms with Crippen molar-refractivity contribution >= 4 is 21.8 Å². The Hall–Kier alpha value is -7.30. The summed E-state index contributed by atoms with van der Waals surface area (Å²) in [5.41, 5.74) is 8.38. The third-order valence-corrected chi connectivity index (χ3v) is 9.44. The van der Waals surface area contributed by atoms with Crippen LogP contribution in [-0.2, 0) is 0 Å². The maximum Gasteiger partial charge on any atom is 0.166 e. The van der Waals surface area contributed by atoms with Crippen LogP contribution in [0.3, 0.4) is 0 Å². The highest BCUT2D eigenvalue weighted by molar-refractivity contribution is 6.11. The Kier molecular flexibility index (Phi) is 7.83. The standard InChI is InChI=1S/C46H27F2N5/c47-35-21-23-36(40(48)27-35)34-19-22-38(46-51-44(31-9-3-1-4-10-31)50-45(52-46)32-11-5-2-6-12-32)43(26-34)53-41-14-8-7-13-37(41)39-25-33(20-24-42(39)53)30-17-15-29(28-49)16-18-30/h1-27H. The molecule has 5 nitrogen and oxygen atoms in total. The number of aromatic nitrogens is 4. The first kappa shape index (κ1) is 31.7. The molecule has 7 heteroatoms. The summed E-state index contributed by atoms with van der Waals surface area (Å²) in [6, 6.07) is 53.0. The molecule has 250 valence electrons. The smallest absolute Gasteiger partial charge is 0.166 e. The molecular weight excluding hydrogens is 661 g/mol. The Morgan fingerprint density at radius 1 is 0.453 bits per heavy atom. The lowest BCUT2D eigenvalue weighted by Gasteiger charge is -2.17. The summed E-state index contributed by atoms with van der Waals surface area (Å²) < 4.78 is 31.6. The number of para-hydroxylation sites is 1. The van der Waals surface area contributed by atoms with Gasteiger partial charge in [0.05, 0.1) is 28.4 Å². The molecule has 9 rings (SSSR count). The van der Waals surface area contributed by atoms with Gasteiger partial charge in [0, 0.05) is 39.1 Å². The Labute approximate surface area is 303 Å². The number of hydrogen-bond acceptors (Lipinski definition) is 4. The number of fused-ring (bicyclic) bond motifs is 3. The molecule has 0 spiro atoms. The molecule has 0 aliphatic heterocycles. The van der Waals surface area contributed by atoms with Crippen molar-refractivity contribution < 1.29 is 8.78 Å². The van der Waals surface area contributed by atoms with Gasteiger partial charge in [-0.05, 0) is 71.3 Å². The fourth-order valence-electron chi connectivity index (χ4n) is 6.88.